The summed E-state index contributed by atoms with van der Waals surface area (Å²) in [5, 5.41) is 13.6. The van der Waals surface area contributed by atoms with Gasteiger partial charge in [0.25, 0.3) is 5.69 Å². The number of hydrogen-bond acceptors (Lipinski definition) is 4. The number of para-hydroxylation sites is 1. The maximum Gasteiger partial charge on any atom is 0.295 e. The predicted octanol–water partition coefficient (Wildman–Crippen LogP) is 3.59. The van der Waals surface area contributed by atoms with Crippen LogP contribution in [0.1, 0.15) is 5.76 Å². The lowest BCUT2D eigenvalue weighted by atomic mass is 10.2. The maximum absolute atomic E-state index is 13.5. The summed E-state index contributed by atoms with van der Waals surface area (Å²) in [7, 11) is 0. The average molecular weight is 271 g/mol. The molecule has 5 nitrogen and oxygen atoms in total. The fraction of sp³-hybridized carbons (Fsp3) is 0.0909. The summed E-state index contributed by atoms with van der Waals surface area (Å²) in [6.07, 6.45) is 0. The van der Waals surface area contributed by atoms with Crippen LogP contribution in [0.4, 0.5) is 15.8 Å². The van der Waals surface area contributed by atoms with Gasteiger partial charge in [0, 0.05) is 6.07 Å². The number of nitro groups is 1. The Morgan fingerprint density at radius 1 is 1.39 bits per heavy atom. The molecule has 0 spiro atoms. The molecular formula is C11H8ClFN2O3. The zero-order valence-electron chi connectivity index (χ0n) is 9.02. The zero-order chi connectivity index (χ0) is 13.1. The highest BCUT2D eigenvalue weighted by molar-refractivity contribution is 6.28. The minimum atomic E-state index is -0.693. The number of nitrogens with zero attached hydrogens (tertiary/aromatic N) is 1. The monoisotopic (exact) mass is 270 g/mol. The minimum absolute atomic E-state index is 0.106. The first-order chi connectivity index (χ1) is 8.58. The molecule has 0 aliphatic heterocycles. The van der Waals surface area contributed by atoms with E-state index in [4.69, 9.17) is 16.0 Å². The molecule has 1 N–H and O–H groups in total. The van der Waals surface area contributed by atoms with E-state index in [0.717, 1.165) is 6.07 Å². The molecule has 1 aromatic heterocycles. The molecule has 0 saturated heterocycles. The SMILES string of the molecule is O=[N+]([O-])c1cccc(F)c1NCc1ccc(Cl)o1. The third-order valence-electron chi connectivity index (χ3n) is 2.26. The van der Waals surface area contributed by atoms with Gasteiger partial charge in [-0.15, -0.1) is 0 Å². The van der Waals surface area contributed by atoms with E-state index < -0.39 is 10.7 Å². The highest BCUT2D eigenvalue weighted by Crippen LogP contribution is 2.27. The van der Waals surface area contributed by atoms with Crippen LogP contribution in [0.2, 0.25) is 5.22 Å². The van der Waals surface area contributed by atoms with Crippen LogP contribution in [-0.2, 0) is 6.54 Å². The van der Waals surface area contributed by atoms with E-state index in [1.165, 1.54) is 18.2 Å². The molecular weight excluding hydrogens is 263 g/mol. The van der Waals surface area contributed by atoms with Crippen molar-refractivity contribution in [2.45, 2.75) is 6.54 Å². The van der Waals surface area contributed by atoms with Crippen molar-refractivity contribution in [2.24, 2.45) is 0 Å². The number of benzene rings is 1. The van der Waals surface area contributed by atoms with Gasteiger partial charge in [0.05, 0.1) is 11.5 Å². The van der Waals surface area contributed by atoms with Crippen molar-refractivity contribution in [1.29, 1.82) is 0 Å². The van der Waals surface area contributed by atoms with Crippen molar-refractivity contribution >= 4 is 23.0 Å². The summed E-state index contributed by atoms with van der Waals surface area (Å²) in [6.45, 7) is 0.106. The van der Waals surface area contributed by atoms with Gasteiger partial charge in [0.2, 0.25) is 0 Å². The molecule has 0 radical (unpaired) electrons. The summed E-state index contributed by atoms with van der Waals surface area (Å²) in [5.74, 6) is -0.237. The Labute approximate surface area is 106 Å². The van der Waals surface area contributed by atoms with E-state index in [9.17, 15) is 14.5 Å². The van der Waals surface area contributed by atoms with Crippen molar-refractivity contribution in [1.82, 2.24) is 0 Å². The van der Waals surface area contributed by atoms with Crippen LogP contribution in [-0.4, -0.2) is 4.92 Å². The molecule has 2 aromatic rings. The lowest BCUT2D eigenvalue weighted by Gasteiger charge is -2.06. The van der Waals surface area contributed by atoms with Crippen LogP contribution >= 0.6 is 11.6 Å². The van der Waals surface area contributed by atoms with E-state index >= 15 is 0 Å². The molecule has 0 aliphatic carbocycles. The summed E-state index contributed by atoms with van der Waals surface area (Å²) in [4.78, 5) is 10.1. The maximum atomic E-state index is 13.5. The quantitative estimate of drug-likeness (QED) is 0.681. The van der Waals surface area contributed by atoms with E-state index in [1.807, 2.05) is 0 Å². The molecule has 0 atom stereocenters. The summed E-state index contributed by atoms with van der Waals surface area (Å²) >= 11 is 5.58. The molecule has 0 fully saturated rings. The molecule has 0 amide bonds. The van der Waals surface area contributed by atoms with Crippen molar-refractivity contribution < 1.29 is 13.7 Å². The van der Waals surface area contributed by atoms with Gasteiger partial charge >= 0.3 is 0 Å². The molecule has 1 heterocycles. The fourth-order valence-electron chi connectivity index (χ4n) is 1.46. The molecule has 94 valence electrons. The molecule has 7 heteroatoms. The molecule has 0 unspecified atom stereocenters. The van der Waals surface area contributed by atoms with Gasteiger partial charge in [-0.2, -0.15) is 0 Å². The number of rotatable bonds is 4. The van der Waals surface area contributed by atoms with Gasteiger partial charge in [-0.1, -0.05) is 6.07 Å². The van der Waals surface area contributed by atoms with E-state index in [0.29, 0.717) is 5.76 Å². The van der Waals surface area contributed by atoms with Crippen LogP contribution in [0.15, 0.2) is 34.7 Å². The molecule has 18 heavy (non-hydrogen) atoms. The standard InChI is InChI=1S/C11H8ClFN2O3/c12-10-5-4-7(18-10)6-14-11-8(13)2-1-3-9(11)15(16)17/h1-5,14H,6H2. The van der Waals surface area contributed by atoms with Gasteiger partial charge in [0.15, 0.2) is 11.0 Å². The van der Waals surface area contributed by atoms with Crippen molar-refractivity contribution in [3.63, 3.8) is 0 Å². The predicted molar refractivity (Wildman–Crippen MR) is 64.1 cm³/mol. The second kappa shape index (κ2) is 5.05. The first kappa shape index (κ1) is 12.4. The van der Waals surface area contributed by atoms with Gasteiger partial charge < -0.3 is 9.73 Å². The second-order valence-electron chi connectivity index (χ2n) is 3.45. The van der Waals surface area contributed by atoms with Crippen LogP contribution < -0.4 is 5.32 Å². The third-order valence-corrected chi connectivity index (χ3v) is 2.46. The fourth-order valence-corrected chi connectivity index (χ4v) is 1.62. The number of halogens is 2. The number of furan rings is 1. The van der Waals surface area contributed by atoms with Crippen molar-refractivity contribution in [2.75, 3.05) is 5.32 Å². The Balaban J connectivity index is 2.20. The van der Waals surface area contributed by atoms with Crippen molar-refractivity contribution in [3.05, 3.63) is 57.2 Å². The smallest absolute Gasteiger partial charge is 0.295 e. The Morgan fingerprint density at radius 3 is 2.78 bits per heavy atom. The Bertz CT molecular complexity index is 585. The molecule has 0 bridgehead atoms. The Hall–Kier alpha value is -2.08. The van der Waals surface area contributed by atoms with Crippen LogP contribution in [0.3, 0.4) is 0 Å². The minimum Gasteiger partial charge on any atom is -0.448 e. The largest absolute Gasteiger partial charge is 0.448 e. The normalized spacial score (nSPS) is 10.3. The highest BCUT2D eigenvalue weighted by atomic mass is 35.5. The molecule has 1 aromatic carbocycles. The second-order valence-corrected chi connectivity index (χ2v) is 3.82. The zero-order valence-corrected chi connectivity index (χ0v) is 9.78. The molecule has 2 rings (SSSR count). The number of hydrogen-bond donors (Lipinski definition) is 1. The van der Waals surface area contributed by atoms with Gasteiger partial charge in [0.1, 0.15) is 11.4 Å². The Kier molecular flexibility index (Phi) is 3.47. The van der Waals surface area contributed by atoms with E-state index in [2.05, 4.69) is 5.32 Å². The highest BCUT2D eigenvalue weighted by Gasteiger charge is 2.17. The first-order valence-electron chi connectivity index (χ1n) is 4.99. The Morgan fingerprint density at radius 2 is 2.17 bits per heavy atom. The van der Waals surface area contributed by atoms with Crippen LogP contribution in [0.5, 0.6) is 0 Å². The third kappa shape index (κ3) is 2.60. The lowest BCUT2D eigenvalue weighted by molar-refractivity contribution is -0.384. The number of anilines is 1. The van der Waals surface area contributed by atoms with Crippen molar-refractivity contribution in [3.8, 4) is 0 Å². The summed E-state index contributed by atoms with van der Waals surface area (Å²) in [5.41, 5.74) is -0.498. The van der Waals surface area contributed by atoms with Crippen LogP contribution in [0.25, 0.3) is 0 Å². The number of nitrogens with one attached hydrogen (secondary N) is 1. The van der Waals surface area contributed by atoms with Gasteiger partial charge in [-0.3, -0.25) is 10.1 Å². The van der Waals surface area contributed by atoms with Crippen LogP contribution in [0, 0.1) is 15.9 Å². The average Bonchev–Trinajstić information content (AvgIpc) is 2.73. The first-order valence-corrected chi connectivity index (χ1v) is 5.36. The van der Waals surface area contributed by atoms with Gasteiger partial charge in [-0.05, 0) is 29.8 Å². The lowest BCUT2D eigenvalue weighted by Crippen LogP contribution is -2.04. The molecule has 0 saturated carbocycles. The molecule has 0 aliphatic rings. The number of nitro benzene ring substituents is 1. The van der Waals surface area contributed by atoms with Gasteiger partial charge in [-0.25, -0.2) is 4.39 Å². The van der Waals surface area contributed by atoms with E-state index in [-0.39, 0.29) is 23.1 Å². The van der Waals surface area contributed by atoms with E-state index in [1.54, 1.807) is 6.07 Å². The summed E-state index contributed by atoms with van der Waals surface area (Å²) < 4.78 is 18.6. The topological polar surface area (TPSA) is 68.3 Å². The summed E-state index contributed by atoms with van der Waals surface area (Å²) in [6, 6.07) is 6.78.